The van der Waals surface area contributed by atoms with E-state index in [1.807, 2.05) is 0 Å². The summed E-state index contributed by atoms with van der Waals surface area (Å²) in [5.41, 5.74) is 6.39. The Morgan fingerprint density at radius 3 is 2.44 bits per heavy atom. The van der Waals surface area contributed by atoms with Crippen LogP contribution < -0.4 is 5.73 Å². The molecule has 2 N–H and O–H groups in total. The predicted molar refractivity (Wildman–Crippen MR) is 56.8 cm³/mol. The average molecular weight is 221 g/mol. The lowest BCUT2D eigenvalue weighted by molar-refractivity contribution is 0.151. The second-order valence-corrected chi connectivity index (χ2v) is 3.27. The molecule has 0 fully saturated rings. The highest BCUT2D eigenvalue weighted by atomic mass is 19.3. The Balaban J connectivity index is 2.40. The minimum absolute atomic E-state index is 0.0436. The molecular formula is C11H9F2N3. The number of hydrogen-bond acceptors (Lipinski definition) is 3. The van der Waals surface area contributed by atoms with Crippen molar-refractivity contribution in [1.29, 1.82) is 0 Å². The quantitative estimate of drug-likeness (QED) is 0.848. The third-order valence-corrected chi connectivity index (χ3v) is 2.07. The van der Waals surface area contributed by atoms with Crippen molar-refractivity contribution in [2.75, 3.05) is 5.73 Å². The van der Waals surface area contributed by atoms with Crippen LogP contribution in [0.3, 0.4) is 0 Å². The number of nitrogens with zero attached hydrogens (tertiary/aromatic N) is 2. The highest BCUT2D eigenvalue weighted by Crippen LogP contribution is 2.23. The Morgan fingerprint density at radius 2 is 1.81 bits per heavy atom. The lowest BCUT2D eigenvalue weighted by atomic mass is 10.1. The van der Waals surface area contributed by atoms with E-state index in [-0.39, 0.29) is 5.56 Å². The van der Waals surface area contributed by atoms with Crippen molar-refractivity contribution >= 4 is 5.69 Å². The molecule has 0 spiro atoms. The highest BCUT2D eigenvalue weighted by molar-refractivity contribution is 5.56. The zero-order valence-electron chi connectivity index (χ0n) is 8.27. The van der Waals surface area contributed by atoms with Crippen LogP contribution in [0.25, 0.3) is 11.4 Å². The van der Waals surface area contributed by atoms with E-state index < -0.39 is 6.43 Å². The molecule has 2 aromatic rings. The molecule has 5 heteroatoms. The van der Waals surface area contributed by atoms with E-state index in [2.05, 4.69) is 9.97 Å². The van der Waals surface area contributed by atoms with Crippen LogP contribution in [0.5, 0.6) is 0 Å². The molecule has 0 radical (unpaired) electrons. The Kier molecular flexibility index (Phi) is 2.76. The molecule has 0 saturated carbocycles. The summed E-state index contributed by atoms with van der Waals surface area (Å²) in [4.78, 5) is 7.94. The van der Waals surface area contributed by atoms with Crippen LogP contribution in [-0.2, 0) is 0 Å². The van der Waals surface area contributed by atoms with Crippen LogP contribution in [0.1, 0.15) is 12.0 Å². The van der Waals surface area contributed by atoms with Gasteiger partial charge in [0.1, 0.15) is 0 Å². The normalized spacial score (nSPS) is 10.7. The zero-order valence-corrected chi connectivity index (χ0v) is 8.27. The molecule has 0 aliphatic rings. The minimum Gasteiger partial charge on any atom is -0.396 e. The second-order valence-electron chi connectivity index (χ2n) is 3.27. The summed E-state index contributed by atoms with van der Waals surface area (Å²) in [6.45, 7) is 0. The van der Waals surface area contributed by atoms with Gasteiger partial charge >= 0.3 is 0 Å². The van der Waals surface area contributed by atoms with Crippen molar-refractivity contribution in [3.63, 3.8) is 0 Å². The smallest absolute Gasteiger partial charge is 0.263 e. The number of alkyl halides is 2. The largest absolute Gasteiger partial charge is 0.396 e. The van der Waals surface area contributed by atoms with Crippen LogP contribution in [0.15, 0.2) is 36.7 Å². The molecule has 0 amide bonds. The summed E-state index contributed by atoms with van der Waals surface area (Å²) < 4.78 is 24.9. The number of nitrogen functional groups attached to an aromatic ring is 1. The van der Waals surface area contributed by atoms with E-state index >= 15 is 0 Å². The van der Waals surface area contributed by atoms with Gasteiger partial charge in [-0.25, -0.2) is 18.7 Å². The van der Waals surface area contributed by atoms with E-state index in [0.717, 1.165) is 0 Å². The topological polar surface area (TPSA) is 51.8 Å². The number of benzene rings is 1. The first kappa shape index (κ1) is 10.5. The highest BCUT2D eigenvalue weighted by Gasteiger charge is 2.08. The van der Waals surface area contributed by atoms with Gasteiger partial charge in [0, 0.05) is 11.1 Å². The third kappa shape index (κ3) is 2.13. The fourth-order valence-electron chi connectivity index (χ4n) is 1.30. The van der Waals surface area contributed by atoms with E-state index in [1.165, 1.54) is 24.5 Å². The van der Waals surface area contributed by atoms with Gasteiger partial charge in [0.25, 0.3) is 6.43 Å². The molecule has 1 aromatic heterocycles. The number of anilines is 1. The Bertz CT molecular complexity index is 483. The third-order valence-electron chi connectivity index (χ3n) is 2.07. The first-order valence-corrected chi connectivity index (χ1v) is 4.63. The standard InChI is InChI=1S/C11H9F2N3/c12-10(13)7-2-1-3-8(4-7)11-15-5-9(14)6-16-11/h1-6,10H,14H2. The maximum Gasteiger partial charge on any atom is 0.263 e. The van der Waals surface area contributed by atoms with Crippen molar-refractivity contribution in [2.45, 2.75) is 6.43 Å². The van der Waals surface area contributed by atoms with Crippen LogP contribution in [0.2, 0.25) is 0 Å². The molecule has 0 saturated heterocycles. The molecule has 16 heavy (non-hydrogen) atoms. The van der Waals surface area contributed by atoms with E-state index in [0.29, 0.717) is 17.1 Å². The Morgan fingerprint density at radius 1 is 1.12 bits per heavy atom. The maximum absolute atomic E-state index is 12.5. The summed E-state index contributed by atoms with van der Waals surface area (Å²) in [7, 11) is 0. The fourth-order valence-corrected chi connectivity index (χ4v) is 1.30. The summed E-state index contributed by atoms with van der Waals surface area (Å²) in [6, 6.07) is 5.97. The van der Waals surface area contributed by atoms with Crippen molar-refractivity contribution in [2.24, 2.45) is 0 Å². The molecule has 0 bridgehead atoms. The van der Waals surface area contributed by atoms with Crippen molar-refractivity contribution in [3.05, 3.63) is 42.2 Å². The average Bonchev–Trinajstić information content (AvgIpc) is 2.30. The molecule has 1 heterocycles. The predicted octanol–water partition coefficient (Wildman–Crippen LogP) is 2.66. The number of aromatic nitrogens is 2. The Hall–Kier alpha value is -2.04. The van der Waals surface area contributed by atoms with Gasteiger partial charge in [-0.1, -0.05) is 18.2 Å². The molecule has 0 atom stereocenters. The minimum atomic E-state index is -2.49. The summed E-state index contributed by atoms with van der Waals surface area (Å²) in [5, 5.41) is 0. The summed E-state index contributed by atoms with van der Waals surface area (Å²) in [6.07, 6.45) is 0.392. The lowest BCUT2D eigenvalue weighted by Gasteiger charge is -2.03. The van der Waals surface area contributed by atoms with Crippen molar-refractivity contribution in [1.82, 2.24) is 9.97 Å². The van der Waals surface area contributed by atoms with Crippen LogP contribution in [-0.4, -0.2) is 9.97 Å². The van der Waals surface area contributed by atoms with Gasteiger partial charge in [-0.15, -0.1) is 0 Å². The van der Waals surface area contributed by atoms with Gasteiger partial charge in [0.05, 0.1) is 18.1 Å². The molecule has 1 aromatic carbocycles. The van der Waals surface area contributed by atoms with Gasteiger partial charge in [0.2, 0.25) is 0 Å². The van der Waals surface area contributed by atoms with Gasteiger partial charge in [-0.2, -0.15) is 0 Å². The summed E-state index contributed by atoms with van der Waals surface area (Å²) in [5.74, 6) is 0.386. The van der Waals surface area contributed by atoms with Gasteiger partial charge < -0.3 is 5.73 Å². The monoisotopic (exact) mass is 221 g/mol. The van der Waals surface area contributed by atoms with Crippen molar-refractivity contribution in [3.8, 4) is 11.4 Å². The molecule has 0 unspecified atom stereocenters. The first-order chi connectivity index (χ1) is 7.66. The second kappa shape index (κ2) is 4.22. The van der Waals surface area contributed by atoms with Crippen LogP contribution in [0, 0.1) is 0 Å². The van der Waals surface area contributed by atoms with Crippen LogP contribution in [0.4, 0.5) is 14.5 Å². The maximum atomic E-state index is 12.5. The van der Waals surface area contributed by atoms with E-state index in [4.69, 9.17) is 5.73 Å². The Labute approximate surface area is 91.0 Å². The molecule has 82 valence electrons. The van der Waals surface area contributed by atoms with Crippen molar-refractivity contribution < 1.29 is 8.78 Å². The van der Waals surface area contributed by atoms with E-state index in [1.54, 1.807) is 12.1 Å². The number of rotatable bonds is 2. The molecule has 0 aliphatic heterocycles. The van der Waals surface area contributed by atoms with Crippen LogP contribution >= 0.6 is 0 Å². The number of nitrogens with two attached hydrogens (primary N) is 1. The first-order valence-electron chi connectivity index (χ1n) is 4.63. The SMILES string of the molecule is Nc1cnc(-c2cccc(C(F)F)c2)nc1. The fraction of sp³-hybridized carbons (Fsp3) is 0.0909. The molecular weight excluding hydrogens is 212 g/mol. The van der Waals surface area contributed by atoms with Gasteiger partial charge in [0.15, 0.2) is 5.82 Å². The lowest BCUT2D eigenvalue weighted by Crippen LogP contribution is -1.93. The molecule has 3 nitrogen and oxygen atoms in total. The zero-order chi connectivity index (χ0) is 11.5. The van der Waals surface area contributed by atoms with Gasteiger partial charge in [-0.05, 0) is 6.07 Å². The number of halogens is 2. The number of hydrogen-bond donors (Lipinski definition) is 1. The van der Waals surface area contributed by atoms with E-state index in [9.17, 15) is 8.78 Å². The molecule has 0 aliphatic carbocycles. The summed E-state index contributed by atoms with van der Waals surface area (Å²) >= 11 is 0. The van der Waals surface area contributed by atoms with Gasteiger partial charge in [-0.3, -0.25) is 0 Å². The molecule has 2 rings (SSSR count).